The third kappa shape index (κ3) is 4.05. The fraction of sp³-hybridized carbons (Fsp3) is 0.400. The first kappa shape index (κ1) is 19.6. The van der Waals surface area contributed by atoms with Crippen molar-refractivity contribution >= 4 is 29.3 Å². The van der Waals surface area contributed by atoms with Gasteiger partial charge in [0.05, 0.1) is 25.5 Å². The number of nitrogens with zero attached hydrogens (tertiary/aromatic N) is 2. The number of fused-ring (bicyclic) bond motifs is 1. The average molecular weight is 385 g/mol. The Labute approximate surface area is 163 Å². The molecule has 28 heavy (non-hydrogen) atoms. The average Bonchev–Trinajstić information content (AvgIpc) is 2.93. The summed E-state index contributed by atoms with van der Waals surface area (Å²) in [5.74, 6) is -1.60. The van der Waals surface area contributed by atoms with Crippen molar-refractivity contribution in [3.8, 4) is 5.75 Å². The van der Waals surface area contributed by atoms with E-state index in [1.807, 2.05) is 12.2 Å². The highest BCUT2D eigenvalue weighted by atomic mass is 16.5. The molecule has 4 amide bonds. The lowest BCUT2D eigenvalue weighted by Crippen LogP contribution is -2.44. The van der Waals surface area contributed by atoms with Crippen molar-refractivity contribution in [3.63, 3.8) is 0 Å². The van der Waals surface area contributed by atoms with Gasteiger partial charge in [0.1, 0.15) is 12.3 Å². The van der Waals surface area contributed by atoms with Crippen LogP contribution >= 0.6 is 0 Å². The second kappa shape index (κ2) is 8.24. The molecule has 8 heteroatoms. The summed E-state index contributed by atoms with van der Waals surface area (Å²) in [7, 11) is 2.99. The highest BCUT2D eigenvalue weighted by Crippen LogP contribution is 2.34. The predicted molar refractivity (Wildman–Crippen MR) is 101 cm³/mol. The van der Waals surface area contributed by atoms with E-state index in [1.54, 1.807) is 24.3 Å². The molecule has 0 aromatic heterocycles. The van der Waals surface area contributed by atoms with Crippen LogP contribution in [0, 0.1) is 11.8 Å². The van der Waals surface area contributed by atoms with Gasteiger partial charge in [-0.05, 0) is 25.0 Å². The molecular weight excluding hydrogens is 362 g/mol. The lowest BCUT2D eigenvalue weighted by Gasteiger charge is -2.20. The molecule has 1 saturated heterocycles. The molecule has 1 aromatic carbocycles. The van der Waals surface area contributed by atoms with Gasteiger partial charge in [-0.3, -0.25) is 24.1 Å². The number of hydrogen-bond donors (Lipinski definition) is 1. The molecule has 2 aliphatic rings. The van der Waals surface area contributed by atoms with Crippen LogP contribution in [-0.2, 0) is 19.2 Å². The van der Waals surface area contributed by atoms with E-state index in [4.69, 9.17) is 4.74 Å². The summed E-state index contributed by atoms with van der Waals surface area (Å²) in [6, 6.07) is 6.86. The van der Waals surface area contributed by atoms with Crippen molar-refractivity contribution in [2.75, 3.05) is 32.6 Å². The van der Waals surface area contributed by atoms with E-state index in [2.05, 4.69) is 5.32 Å². The Balaban J connectivity index is 1.55. The Morgan fingerprint density at radius 2 is 1.82 bits per heavy atom. The number of likely N-dealkylation sites (tertiary alicyclic amines) is 1. The molecule has 3 rings (SSSR count). The Bertz CT molecular complexity index is 809. The van der Waals surface area contributed by atoms with Crippen LogP contribution in [0.25, 0.3) is 0 Å². The minimum Gasteiger partial charge on any atom is -0.497 e. The molecular formula is C20H23N3O5. The van der Waals surface area contributed by atoms with Crippen molar-refractivity contribution in [2.45, 2.75) is 12.8 Å². The molecule has 0 radical (unpaired) electrons. The van der Waals surface area contributed by atoms with E-state index in [0.29, 0.717) is 24.3 Å². The molecule has 0 saturated carbocycles. The van der Waals surface area contributed by atoms with E-state index >= 15 is 0 Å². The summed E-state index contributed by atoms with van der Waals surface area (Å²) in [6.45, 7) is -0.533. The first-order valence-electron chi connectivity index (χ1n) is 9.08. The second-order valence-corrected chi connectivity index (χ2v) is 6.95. The zero-order valence-corrected chi connectivity index (χ0v) is 15.9. The first-order chi connectivity index (χ1) is 13.4. The molecule has 0 bridgehead atoms. The van der Waals surface area contributed by atoms with E-state index < -0.39 is 5.91 Å². The summed E-state index contributed by atoms with van der Waals surface area (Å²) in [4.78, 5) is 51.8. The van der Waals surface area contributed by atoms with Crippen LogP contribution in [0.2, 0.25) is 0 Å². The third-order valence-electron chi connectivity index (χ3n) is 5.05. The van der Waals surface area contributed by atoms with Crippen molar-refractivity contribution in [1.29, 1.82) is 0 Å². The number of carbonyl (C=O) groups excluding carboxylic acids is 4. The quantitative estimate of drug-likeness (QED) is 0.583. The lowest BCUT2D eigenvalue weighted by atomic mass is 9.85. The van der Waals surface area contributed by atoms with Gasteiger partial charge in [-0.25, -0.2) is 0 Å². The molecule has 8 nitrogen and oxygen atoms in total. The van der Waals surface area contributed by atoms with Gasteiger partial charge in [-0.1, -0.05) is 18.2 Å². The van der Waals surface area contributed by atoms with Gasteiger partial charge in [-0.2, -0.15) is 0 Å². The second-order valence-electron chi connectivity index (χ2n) is 6.95. The molecule has 0 unspecified atom stereocenters. The topological polar surface area (TPSA) is 96.0 Å². The molecule has 1 aromatic rings. The molecule has 0 spiro atoms. The van der Waals surface area contributed by atoms with Gasteiger partial charge >= 0.3 is 0 Å². The fourth-order valence-electron chi connectivity index (χ4n) is 3.49. The van der Waals surface area contributed by atoms with Gasteiger partial charge in [0.15, 0.2) is 0 Å². The minimum atomic E-state index is -0.464. The van der Waals surface area contributed by atoms with Gasteiger partial charge in [0.25, 0.3) is 0 Å². The monoisotopic (exact) mass is 385 g/mol. The van der Waals surface area contributed by atoms with Crippen LogP contribution in [0.3, 0.4) is 0 Å². The largest absolute Gasteiger partial charge is 0.497 e. The van der Waals surface area contributed by atoms with Crippen LogP contribution < -0.4 is 10.1 Å². The van der Waals surface area contributed by atoms with Crippen molar-refractivity contribution in [3.05, 3.63) is 36.4 Å². The number of imide groups is 1. The molecule has 148 valence electrons. The summed E-state index contributed by atoms with van der Waals surface area (Å²) in [5.41, 5.74) is 0.548. The van der Waals surface area contributed by atoms with Crippen molar-refractivity contribution in [1.82, 2.24) is 9.80 Å². The highest BCUT2D eigenvalue weighted by Gasteiger charge is 2.47. The number of hydrogen-bond acceptors (Lipinski definition) is 5. The number of allylic oxidation sites excluding steroid dienone is 2. The smallest absolute Gasteiger partial charge is 0.243 e. The van der Waals surface area contributed by atoms with Crippen LogP contribution in [0.4, 0.5) is 5.69 Å². The number of amides is 4. The SMILES string of the molecule is COc1cccc(NC(=O)CN(C)C(=O)CN2C(=O)[C@H]3CC=CC[C@H]3C2=O)c1. The lowest BCUT2D eigenvalue weighted by molar-refractivity contribution is -0.146. The summed E-state index contributed by atoms with van der Waals surface area (Å²) in [5, 5.41) is 2.69. The maximum absolute atomic E-state index is 12.4. The molecule has 1 aliphatic heterocycles. The first-order valence-corrected chi connectivity index (χ1v) is 9.08. The van der Waals surface area contributed by atoms with Crippen molar-refractivity contribution < 1.29 is 23.9 Å². The molecule has 1 heterocycles. The predicted octanol–water partition coefficient (Wildman–Crippen LogP) is 1.04. The zero-order chi connectivity index (χ0) is 20.3. The van der Waals surface area contributed by atoms with E-state index in [0.717, 1.165) is 4.90 Å². The minimum absolute atomic E-state index is 0.194. The van der Waals surface area contributed by atoms with Crippen LogP contribution in [0.5, 0.6) is 5.75 Å². The number of anilines is 1. The van der Waals surface area contributed by atoms with Gasteiger partial charge in [0, 0.05) is 18.8 Å². The van der Waals surface area contributed by atoms with Crippen LogP contribution in [0.15, 0.2) is 36.4 Å². The normalized spacial score (nSPS) is 20.7. The molecule has 2 atom stereocenters. The van der Waals surface area contributed by atoms with E-state index in [1.165, 1.54) is 19.1 Å². The maximum atomic E-state index is 12.4. The van der Waals surface area contributed by atoms with Crippen molar-refractivity contribution in [2.24, 2.45) is 11.8 Å². The zero-order valence-electron chi connectivity index (χ0n) is 15.9. The Morgan fingerprint density at radius 3 is 2.43 bits per heavy atom. The van der Waals surface area contributed by atoms with Crippen LogP contribution in [-0.4, -0.2) is 60.7 Å². The molecule has 1 aliphatic carbocycles. The Kier molecular flexibility index (Phi) is 5.77. The highest BCUT2D eigenvalue weighted by molar-refractivity contribution is 6.07. The number of likely N-dealkylation sites (N-methyl/N-ethyl adjacent to an activating group) is 1. The summed E-state index contributed by atoms with van der Waals surface area (Å²) < 4.78 is 5.10. The van der Waals surface area contributed by atoms with Gasteiger partial charge in [-0.15, -0.1) is 0 Å². The molecule has 1 N–H and O–H groups in total. The third-order valence-corrected chi connectivity index (χ3v) is 5.05. The number of rotatable bonds is 6. The number of benzene rings is 1. The number of methoxy groups -OCH3 is 1. The maximum Gasteiger partial charge on any atom is 0.243 e. The standard InChI is InChI=1S/C20H23N3O5/c1-22(11-17(24)21-13-6-5-7-14(10-13)28-2)18(25)12-23-19(26)15-8-3-4-9-16(15)20(23)27/h3-7,10,15-16H,8-9,11-12H2,1-2H3,(H,21,24)/t15-,16+. The molecule has 1 fully saturated rings. The van der Waals surface area contributed by atoms with E-state index in [-0.39, 0.29) is 42.6 Å². The number of ether oxygens (including phenoxy) is 1. The Morgan fingerprint density at radius 1 is 1.18 bits per heavy atom. The number of carbonyl (C=O) groups is 4. The fourth-order valence-corrected chi connectivity index (χ4v) is 3.49. The Hall–Kier alpha value is -3.16. The summed E-state index contributed by atoms with van der Waals surface area (Å²) >= 11 is 0. The van der Waals surface area contributed by atoms with Crippen LogP contribution in [0.1, 0.15) is 12.8 Å². The number of nitrogens with one attached hydrogen (secondary N) is 1. The van der Waals surface area contributed by atoms with Gasteiger partial charge in [0.2, 0.25) is 23.6 Å². The summed E-state index contributed by atoms with van der Waals surface area (Å²) in [6.07, 6.45) is 4.84. The van der Waals surface area contributed by atoms with Gasteiger partial charge < -0.3 is 15.0 Å². The van der Waals surface area contributed by atoms with E-state index in [9.17, 15) is 19.2 Å².